The van der Waals surface area contributed by atoms with Gasteiger partial charge in [-0.15, -0.1) is 0 Å². The van der Waals surface area contributed by atoms with Crippen LogP contribution in [0.2, 0.25) is 5.28 Å². The fraction of sp³-hybridized carbons (Fsp3) is 0.636. The van der Waals surface area contributed by atoms with Gasteiger partial charge in [0.25, 0.3) is 0 Å². The van der Waals surface area contributed by atoms with Crippen molar-refractivity contribution in [3.63, 3.8) is 0 Å². The molecule has 1 aromatic rings. The van der Waals surface area contributed by atoms with Gasteiger partial charge in [-0.3, -0.25) is 0 Å². The first-order valence-electron chi connectivity index (χ1n) is 5.55. The van der Waals surface area contributed by atoms with E-state index in [0.29, 0.717) is 12.4 Å². The molecule has 4 nitrogen and oxygen atoms in total. The smallest absolute Gasteiger partial charge is 0.224 e. The van der Waals surface area contributed by atoms with E-state index < -0.39 is 5.60 Å². The number of aryl methyl sites for hydroxylation is 1. The molecule has 0 unspecified atom stereocenters. The van der Waals surface area contributed by atoms with E-state index in [1.54, 1.807) is 0 Å². The second-order valence-electron chi connectivity index (χ2n) is 4.45. The lowest BCUT2D eigenvalue weighted by Crippen LogP contribution is -2.33. The van der Waals surface area contributed by atoms with E-state index in [2.05, 4.69) is 15.3 Å². The average molecular weight is 242 g/mol. The van der Waals surface area contributed by atoms with Crippen LogP contribution in [0.4, 0.5) is 5.82 Å². The molecule has 1 saturated carbocycles. The summed E-state index contributed by atoms with van der Waals surface area (Å²) in [5.41, 5.74) is 0.242. The van der Waals surface area contributed by atoms with Gasteiger partial charge in [0.15, 0.2) is 0 Å². The van der Waals surface area contributed by atoms with Crippen molar-refractivity contribution in [3.8, 4) is 0 Å². The molecule has 0 aliphatic heterocycles. The number of hydrogen-bond donors (Lipinski definition) is 2. The lowest BCUT2D eigenvalue weighted by Gasteiger charge is -2.22. The average Bonchev–Trinajstić information content (AvgIpc) is 2.62. The Labute approximate surface area is 100 Å². The normalized spacial score (nSPS) is 18.7. The summed E-state index contributed by atoms with van der Waals surface area (Å²) in [5.74, 6) is 0.679. The number of anilines is 1. The van der Waals surface area contributed by atoms with Gasteiger partial charge in [0.1, 0.15) is 5.82 Å². The molecule has 0 atom stereocenters. The zero-order valence-corrected chi connectivity index (χ0v) is 10.1. The van der Waals surface area contributed by atoms with Crippen LogP contribution in [0.5, 0.6) is 0 Å². The van der Waals surface area contributed by atoms with E-state index in [9.17, 15) is 5.11 Å². The van der Waals surface area contributed by atoms with Crippen molar-refractivity contribution in [3.05, 3.63) is 17.0 Å². The SMILES string of the molecule is Cc1cc(NCC2(O)CCCC2)nc(Cl)n1. The molecule has 0 aromatic carbocycles. The standard InChI is InChI=1S/C11H16ClN3O/c1-8-6-9(15-10(12)14-8)13-7-11(16)4-2-3-5-11/h6,16H,2-5,7H2,1H3,(H,13,14,15). The predicted molar refractivity (Wildman–Crippen MR) is 63.7 cm³/mol. The highest BCUT2D eigenvalue weighted by molar-refractivity contribution is 6.28. The van der Waals surface area contributed by atoms with Crippen LogP contribution in [-0.2, 0) is 0 Å². The van der Waals surface area contributed by atoms with Crippen LogP contribution in [0.15, 0.2) is 6.07 Å². The van der Waals surface area contributed by atoms with Crippen LogP contribution in [0.1, 0.15) is 31.4 Å². The topological polar surface area (TPSA) is 58.0 Å². The summed E-state index contributed by atoms with van der Waals surface area (Å²) in [6.45, 7) is 2.39. The van der Waals surface area contributed by atoms with Crippen LogP contribution in [0, 0.1) is 6.92 Å². The summed E-state index contributed by atoms with van der Waals surface area (Å²) in [6, 6.07) is 1.82. The Kier molecular flexibility index (Phi) is 3.30. The van der Waals surface area contributed by atoms with Crippen LogP contribution in [0.3, 0.4) is 0 Å². The molecule has 2 N–H and O–H groups in total. The Hall–Kier alpha value is -0.870. The second kappa shape index (κ2) is 4.55. The fourth-order valence-corrected chi connectivity index (χ4v) is 2.31. The maximum atomic E-state index is 10.2. The largest absolute Gasteiger partial charge is 0.388 e. The number of halogens is 1. The monoisotopic (exact) mass is 241 g/mol. The molecular formula is C11H16ClN3O. The Morgan fingerprint density at radius 2 is 2.12 bits per heavy atom. The molecule has 1 aromatic heterocycles. The maximum absolute atomic E-state index is 10.2. The molecule has 1 aliphatic carbocycles. The molecule has 2 rings (SSSR count). The van der Waals surface area contributed by atoms with Crippen molar-refractivity contribution >= 4 is 17.4 Å². The third-order valence-electron chi connectivity index (χ3n) is 2.96. The van der Waals surface area contributed by atoms with Gasteiger partial charge in [0.2, 0.25) is 5.28 Å². The van der Waals surface area contributed by atoms with Gasteiger partial charge in [-0.25, -0.2) is 9.97 Å². The summed E-state index contributed by atoms with van der Waals surface area (Å²) in [4.78, 5) is 8.04. The minimum absolute atomic E-state index is 0.237. The summed E-state index contributed by atoms with van der Waals surface area (Å²) in [7, 11) is 0. The van der Waals surface area contributed by atoms with E-state index in [1.165, 1.54) is 0 Å². The zero-order valence-electron chi connectivity index (χ0n) is 9.33. The van der Waals surface area contributed by atoms with Crippen molar-refractivity contribution < 1.29 is 5.11 Å². The van der Waals surface area contributed by atoms with Crippen LogP contribution in [0.25, 0.3) is 0 Å². The van der Waals surface area contributed by atoms with Gasteiger partial charge < -0.3 is 10.4 Å². The van der Waals surface area contributed by atoms with Crippen LogP contribution in [-0.4, -0.2) is 27.2 Å². The third kappa shape index (κ3) is 2.83. The highest BCUT2D eigenvalue weighted by Crippen LogP contribution is 2.29. The first-order valence-corrected chi connectivity index (χ1v) is 5.93. The Balaban J connectivity index is 1.98. The van der Waals surface area contributed by atoms with Gasteiger partial charge in [0.05, 0.1) is 5.60 Å². The van der Waals surface area contributed by atoms with Gasteiger partial charge in [-0.1, -0.05) is 12.8 Å². The molecule has 0 spiro atoms. The molecule has 1 aliphatic rings. The molecule has 0 radical (unpaired) electrons. The number of nitrogens with zero attached hydrogens (tertiary/aromatic N) is 2. The predicted octanol–water partition coefficient (Wildman–Crippen LogP) is 2.16. The molecule has 0 saturated heterocycles. The summed E-state index contributed by atoms with van der Waals surface area (Å²) < 4.78 is 0. The fourth-order valence-electron chi connectivity index (χ4n) is 2.09. The van der Waals surface area contributed by atoms with Gasteiger partial charge in [-0.05, 0) is 31.4 Å². The van der Waals surface area contributed by atoms with Crippen molar-refractivity contribution in [1.82, 2.24) is 9.97 Å². The quantitative estimate of drug-likeness (QED) is 0.797. The minimum atomic E-state index is -0.578. The zero-order chi connectivity index (χ0) is 11.6. The number of aromatic nitrogens is 2. The highest BCUT2D eigenvalue weighted by Gasteiger charge is 2.30. The van der Waals surface area contributed by atoms with Gasteiger partial charge >= 0.3 is 0 Å². The third-order valence-corrected chi connectivity index (χ3v) is 3.13. The van der Waals surface area contributed by atoms with E-state index in [0.717, 1.165) is 31.4 Å². The van der Waals surface area contributed by atoms with Gasteiger partial charge in [0, 0.05) is 18.3 Å². The Bertz CT molecular complexity index is 357. The van der Waals surface area contributed by atoms with E-state index in [1.807, 2.05) is 13.0 Å². The lowest BCUT2D eigenvalue weighted by molar-refractivity contribution is 0.0614. The Morgan fingerprint density at radius 3 is 2.75 bits per heavy atom. The first-order chi connectivity index (χ1) is 7.57. The molecule has 16 heavy (non-hydrogen) atoms. The van der Waals surface area contributed by atoms with E-state index in [-0.39, 0.29) is 5.28 Å². The second-order valence-corrected chi connectivity index (χ2v) is 4.79. The molecule has 1 fully saturated rings. The molecule has 0 bridgehead atoms. The van der Waals surface area contributed by atoms with Crippen LogP contribution >= 0.6 is 11.6 Å². The Morgan fingerprint density at radius 1 is 1.44 bits per heavy atom. The molecule has 88 valence electrons. The van der Waals surface area contributed by atoms with Crippen molar-refractivity contribution in [2.75, 3.05) is 11.9 Å². The molecular weight excluding hydrogens is 226 g/mol. The molecule has 5 heteroatoms. The number of hydrogen-bond acceptors (Lipinski definition) is 4. The van der Waals surface area contributed by atoms with E-state index in [4.69, 9.17) is 11.6 Å². The van der Waals surface area contributed by atoms with Crippen molar-refractivity contribution in [2.45, 2.75) is 38.2 Å². The number of aliphatic hydroxyl groups is 1. The number of rotatable bonds is 3. The van der Waals surface area contributed by atoms with Crippen molar-refractivity contribution in [2.24, 2.45) is 0 Å². The summed E-state index contributed by atoms with van der Waals surface area (Å²) in [5, 5.41) is 13.5. The maximum Gasteiger partial charge on any atom is 0.224 e. The van der Waals surface area contributed by atoms with Crippen LogP contribution < -0.4 is 5.32 Å². The highest BCUT2D eigenvalue weighted by atomic mass is 35.5. The van der Waals surface area contributed by atoms with Gasteiger partial charge in [-0.2, -0.15) is 0 Å². The van der Waals surface area contributed by atoms with E-state index >= 15 is 0 Å². The van der Waals surface area contributed by atoms with Crippen molar-refractivity contribution in [1.29, 1.82) is 0 Å². The minimum Gasteiger partial charge on any atom is -0.388 e. The summed E-state index contributed by atoms with van der Waals surface area (Å²) in [6.07, 6.45) is 3.92. The lowest BCUT2D eigenvalue weighted by atomic mass is 10.0. The number of nitrogens with one attached hydrogen (secondary N) is 1. The molecule has 0 amide bonds. The molecule has 1 heterocycles. The summed E-state index contributed by atoms with van der Waals surface area (Å²) >= 11 is 5.76. The first kappa shape index (κ1) is 11.6.